The predicted molar refractivity (Wildman–Crippen MR) is 74.5 cm³/mol. The van der Waals surface area contributed by atoms with Crippen LogP contribution in [0.5, 0.6) is 0 Å². The van der Waals surface area contributed by atoms with Gasteiger partial charge in [-0.25, -0.2) is 0 Å². The largest absolute Gasteiger partial charge is 0.460 e. The summed E-state index contributed by atoms with van der Waals surface area (Å²) in [6.07, 6.45) is 5.57. The first-order valence-electron chi connectivity index (χ1n) is 7.04. The van der Waals surface area contributed by atoms with E-state index in [0.717, 1.165) is 23.8 Å². The van der Waals surface area contributed by atoms with E-state index in [2.05, 4.69) is 30.4 Å². The molecule has 0 spiro atoms. The molecule has 0 saturated heterocycles. The van der Waals surface area contributed by atoms with Gasteiger partial charge in [-0.05, 0) is 37.8 Å². The third-order valence-corrected chi connectivity index (χ3v) is 4.18. The van der Waals surface area contributed by atoms with Gasteiger partial charge in [-0.15, -0.1) is 0 Å². The highest BCUT2D eigenvalue weighted by Gasteiger charge is 2.21. The highest BCUT2D eigenvalue weighted by Crippen LogP contribution is 2.27. The lowest BCUT2D eigenvalue weighted by Crippen LogP contribution is -2.31. The molecule has 0 amide bonds. The van der Waals surface area contributed by atoms with Crippen LogP contribution in [0.2, 0.25) is 0 Å². The summed E-state index contributed by atoms with van der Waals surface area (Å²) in [4.78, 5) is 0. The summed E-state index contributed by atoms with van der Waals surface area (Å²) in [5.74, 6) is 1.90. The van der Waals surface area contributed by atoms with Crippen LogP contribution in [0.4, 0.5) is 0 Å². The average Bonchev–Trinajstić information content (AvgIpc) is 3.04. The summed E-state index contributed by atoms with van der Waals surface area (Å²) in [6, 6.07) is 10.9. The predicted octanol–water partition coefficient (Wildman–Crippen LogP) is 4.10. The lowest BCUT2D eigenvalue weighted by atomic mass is 10.00. The number of hydrogen-bond donors (Lipinski definition) is 1. The van der Waals surface area contributed by atoms with Gasteiger partial charge >= 0.3 is 0 Å². The van der Waals surface area contributed by atoms with Crippen molar-refractivity contribution in [3.63, 3.8) is 0 Å². The zero-order chi connectivity index (χ0) is 12.4. The van der Waals surface area contributed by atoms with E-state index in [0.29, 0.717) is 6.04 Å². The van der Waals surface area contributed by atoms with Crippen molar-refractivity contribution in [2.75, 3.05) is 0 Å². The molecule has 96 valence electrons. The summed E-state index contributed by atoms with van der Waals surface area (Å²) in [5.41, 5.74) is 0.989. The minimum Gasteiger partial charge on any atom is -0.460 e. The van der Waals surface area contributed by atoms with Crippen molar-refractivity contribution in [2.45, 2.75) is 45.2 Å². The molecular formula is C16H21NO. The SMILES string of the molecule is CC(NCc1cc2ccccc2o1)C1CCCC1. The molecule has 3 rings (SSSR count). The maximum absolute atomic E-state index is 5.82. The Balaban J connectivity index is 1.62. The summed E-state index contributed by atoms with van der Waals surface area (Å²) in [7, 11) is 0. The minimum atomic E-state index is 0.598. The third kappa shape index (κ3) is 2.44. The second-order valence-corrected chi connectivity index (χ2v) is 5.46. The van der Waals surface area contributed by atoms with Gasteiger partial charge < -0.3 is 9.73 Å². The van der Waals surface area contributed by atoms with Gasteiger partial charge in [0.25, 0.3) is 0 Å². The van der Waals surface area contributed by atoms with Crippen LogP contribution in [0.25, 0.3) is 11.0 Å². The normalized spacial score (nSPS) is 18.5. The van der Waals surface area contributed by atoms with Crippen molar-refractivity contribution in [1.82, 2.24) is 5.32 Å². The Bertz CT molecular complexity index is 478. The van der Waals surface area contributed by atoms with E-state index in [1.807, 2.05) is 12.1 Å². The molecule has 2 aromatic rings. The summed E-state index contributed by atoms with van der Waals surface area (Å²) >= 11 is 0. The molecule has 2 nitrogen and oxygen atoms in total. The zero-order valence-electron chi connectivity index (χ0n) is 11.0. The summed E-state index contributed by atoms with van der Waals surface area (Å²) in [6.45, 7) is 3.14. The van der Waals surface area contributed by atoms with Crippen molar-refractivity contribution >= 4 is 11.0 Å². The molecule has 0 radical (unpaired) electrons. The molecular weight excluding hydrogens is 222 g/mol. The van der Waals surface area contributed by atoms with E-state index in [9.17, 15) is 0 Å². The van der Waals surface area contributed by atoms with Crippen LogP contribution in [0, 0.1) is 5.92 Å². The molecule has 1 saturated carbocycles. The van der Waals surface area contributed by atoms with E-state index >= 15 is 0 Å². The fourth-order valence-corrected chi connectivity index (χ4v) is 3.01. The Kier molecular flexibility index (Phi) is 3.37. The fourth-order valence-electron chi connectivity index (χ4n) is 3.01. The summed E-state index contributed by atoms with van der Waals surface area (Å²) in [5, 5.41) is 4.81. The van der Waals surface area contributed by atoms with Crippen LogP contribution >= 0.6 is 0 Å². The second-order valence-electron chi connectivity index (χ2n) is 5.46. The number of furan rings is 1. The topological polar surface area (TPSA) is 25.2 Å². The molecule has 1 fully saturated rings. The molecule has 1 atom stereocenters. The number of nitrogens with one attached hydrogen (secondary N) is 1. The van der Waals surface area contributed by atoms with Crippen LogP contribution in [-0.4, -0.2) is 6.04 Å². The molecule has 1 aliphatic rings. The molecule has 1 heterocycles. The molecule has 1 aliphatic carbocycles. The zero-order valence-corrected chi connectivity index (χ0v) is 11.0. The van der Waals surface area contributed by atoms with Crippen molar-refractivity contribution in [1.29, 1.82) is 0 Å². The lowest BCUT2D eigenvalue weighted by molar-refractivity contribution is 0.366. The molecule has 1 N–H and O–H groups in total. The van der Waals surface area contributed by atoms with Crippen molar-refractivity contribution in [2.24, 2.45) is 5.92 Å². The minimum absolute atomic E-state index is 0.598. The van der Waals surface area contributed by atoms with Crippen molar-refractivity contribution in [3.8, 4) is 0 Å². The van der Waals surface area contributed by atoms with E-state index in [1.54, 1.807) is 0 Å². The van der Waals surface area contributed by atoms with Crippen molar-refractivity contribution in [3.05, 3.63) is 36.1 Å². The van der Waals surface area contributed by atoms with Gasteiger partial charge in [-0.3, -0.25) is 0 Å². The highest BCUT2D eigenvalue weighted by molar-refractivity contribution is 5.77. The monoisotopic (exact) mass is 243 g/mol. The molecule has 2 heteroatoms. The fraction of sp³-hybridized carbons (Fsp3) is 0.500. The second kappa shape index (κ2) is 5.15. The average molecular weight is 243 g/mol. The summed E-state index contributed by atoms with van der Waals surface area (Å²) < 4.78 is 5.82. The number of fused-ring (bicyclic) bond motifs is 1. The molecule has 1 aromatic heterocycles. The van der Waals surface area contributed by atoms with E-state index in [4.69, 9.17) is 4.42 Å². The Labute approximate surface area is 108 Å². The Morgan fingerprint density at radius 1 is 1.28 bits per heavy atom. The molecule has 18 heavy (non-hydrogen) atoms. The van der Waals surface area contributed by atoms with Gasteiger partial charge in [0.2, 0.25) is 0 Å². The van der Waals surface area contributed by atoms with Gasteiger partial charge in [0.05, 0.1) is 6.54 Å². The number of rotatable bonds is 4. The first-order valence-corrected chi connectivity index (χ1v) is 7.04. The lowest BCUT2D eigenvalue weighted by Gasteiger charge is -2.19. The smallest absolute Gasteiger partial charge is 0.134 e. The third-order valence-electron chi connectivity index (χ3n) is 4.18. The van der Waals surface area contributed by atoms with Gasteiger partial charge in [-0.1, -0.05) is 31.0 Å². The van der Waals surface area contributed by atoms with Gasteiger partial charge in [0.15, 0.2) is 0 Å². The maximum atomic E-state index is 5.82. The van der Waals surface area contributed by atoms with E-state index in [1.165, 1.54) is 31.1 Å². The molecule has 0 bridgehead atoms. The van der Waals surface area contributed by atoms with E-state index < -0.39 is 0 Å². The van der Waals surface area contributed by atoms with Crippen LogP contribution in [-0.2, 0) is 6.54 Å². The van der Waals surface area contributed by atoms with E-state index in [-0.39, 0.29) is 0 Å². The molecule has 1 aromatic carbocycles. The van der Waals surface area contributed by atoms with Gasteiger partial charge in [0, 0.05) is 11.4 Å². The molecule has 1 unspecified atom stereocenters. The highest BCUT2D eigenvalue weighted by atomic mass is 16.3. The van der Waals surface area contributed by atoms with Crippen LogP contribution in [0.15, 0.2) is 34.7 Å². The van der Waals surface area contributed by atoms with Crippen LogP contribution in [0.1, 0.15) is 38.4 Å². The van der Waals surface area contributed by atoms with Gasteiger partial charge in [0.1, 0.15) is 11.3 Å². The van der Waals surface area contributed by atoms with Gasteiger partial charge in [-0.2, -0.15) is 0 Å². The Morgan fingerprint density at radius 2 is 2.06 bits per heavy atom. The number of hydrogen-bond acceptors (Lipinski definition) is 2. The number of benzene rings is 1. The quantitative estimate of drug-likeness (QED) is 0.874. The maximum Gasteiger partial charge on any atom is 0.134 e. The Hall–Kier alpha value is -1.28. The first kappa shape index (κ1) is 11.8. The van der Waals surface area contributed by atoms with Crippen LogP contribution < -0.4 is 5.32 Å². The van der Waals surface area contributed by atoms with Crippen LogP contribution in [0.3, 0.4) is 0 Å². The first-order chi connectivity index (χ1) is 8.83. The standard InChI is InChI=1S/C16H21NO/c1-12(13-6-2-3-7-13)17-11-15-10-14-8-4-5-9-16(14)18-15/h4-5,8-10,12-13,17H,2-3,6-7,11H2,1H3. The Morgan fingerprint density at radius 3 is 2.83 bits per heavy atom. The van der Waals surface area contributed by atoms with Crippen molar-refractivity contribution < 1.29 is 4.42 Å². The molecule has 0 aliphatic heterocycles. The number of para-hydroxylation sites is 1.